The minimum absolute atomic E-state index is 0.123. The van der Waals surface area contributed by atoms with Crippen molar-refractivity contribution in [3.63, 3.8) is 0 Å². The van der Waals surface area contributed by atoms with Gasteiger partial charge in [0.25, 0.3) is 0 Å². The number of nitriles is 1. The predicted octanol–water partition coefficient (Wildman–Crippen LogP) is -0.0331. The largest absolute Gasteiger partial charge is 0.395 e. The molecule has 0 aromatic carbocycles. The molecule has 4 heteroatoms. The van der Waals surface area contributed by atoms with Crippen LogP contribution in [0.15, 0.2) is 0 Å². The van der Waals surface area contributed by atoms with Crippen LogP contribution in [0.1, 0.15) is 19.3 Å². The van der Waals surface area contributed by atoms with Gasteiger partial charge in [0.1, 0.15) is 0 Å². The number of hydrogen-bond acceptors (Lipinski definition) is 4. The fraction of sp³-hybridized carbons (Fsp3) is 0.889. The number of rotatable bonds is 8. The molecule has 0 atom stereocenters. The predicted molar refractivity (Wildman–Crippen MR) is 50.1 cm³/mol. The summed E-state index contributed by atoms with van der Waals surface area (Å²) in [6, 6.07) is 2.09. The fourth-order valence-corrected chi connectivity index (χ4v) is 1.16. The zero-order chi connectivity index (χ0) is 9.94. The quantitative estimate of drug-likeness (QED) is 0.522. The van der Waals surface area contributed by atoms with Gasteiger partial charge in [-0.1, -0.05) is 0 Å². The van der Waals surface area contributed by atoms with Crippen molar-refractivity contribution in [1.29, 1.82) is 5.26 Å². The van der Waals surface area contributed by atoms with Crippen LogP contribution in [-0.2, 0) is 0 Å². The fourth-order valence-electron chi connectivity index (χ4n) is 1.16. The maximum atomic E-state index is 8.69. The van der Waals surface area contributed by atoms with E-state index < -0.39 is 0 Å². The molecule has 13 heavy (non-hydrogen) atoms. The van der Waals surface area contributed by atoms with Gasteiger partial charge in [0.15, 0.2) is 0 Å². The maximum absolute atomic E-state index is 8.69. The maximum Gasteiger partial charge on any atom is 0.0621 e. The SMILES string of the molecule is N#CCCCCN(CCO)CCO. The summed E-state index contributed by atoms with van der Waals surface area (Å²) in [6.07, 6.45) is 2.43. The zero-order valence-corrected chi connectivity index (χ0v) is 7.95. The van der Waals surface area contributed by atoms with Crippen molar-refractivity contribution in [2.24, 2.45) is 0 Å². The molecular formula is C9H18N2O2. The normalized spacial score (nSPS) is 10.3. The summed E-state index contributed by atoms with van der Waals surface area (Å²) >= 11 is 0. The Morgan fingerprint density at radius 1 is 1.00 bits per heavy atom. The molecule has 0 amide bonds. The van der Waals surface area contributed by atoms with Gasteiger partial charge >= 0.3 is 0 Å². The molecule has 0 saturated heterocycles. The van der Waals surface area contributed by atoms with E-state index in [1.165, 1.54) is 0 Å². The Kier molecular flexibility index (Phi) is 9.00. The molecule has 0 aromatic heterocycles. The van der Waals surface area contributed by atoms with Gasteiger partial charge in [0.2, 0.25) is 0 Å². The lowest BCUT2D eigenvalue weighted by Gasteiger charge is -2.19. The van der Waals surface area contributed by atoms with Crippen LogP contribution in [0.5, 0.6) is 0 Å². The second kappa shape index (κ2) is 9.46. The molecule has 0 aliphatic heterocycles. The highest BCUT2D eigenvalue weighted by Crippen LogP contribution is 1.97. The highest BCUT2D eigenvalue weighted by atomic mass is 16.3. The van der Waals surface area contributed by atoms with Crippen LogP contribution < -0.4 is 0 Å². The van der Waals surface area contributed by atoms with Crippen LogP contribution in [0.25, 0.3) is 0 Å². The highest BCUT2D eigenvalue weighted by Gasteiger charge is 2.01. The molecular weight excluding hydrogens is 168 g/mol. The van der Waals surface area contributed by atoms with Gasteiger partial charge in [-0.05, 0) is 19.4 Å². The van der Waals surface area contributed by atoms with Crippen LogP contribution in [-0.4, -0.2) is 48.0 Å². The lowest BCUT2D eigenvalue weighted by Crippen LogP contribution is -2.30. The number of aliphatic hydroxyl groups is 2. The summed E-state index contributed by atoms with van der Waals surface area (Å²) in [6.45, 7) is 2.31. The number of nitrogens with zero attached hydrogens (tertiary/aromatic N) is 2. The Labute approximate surface area is 79.4 Å². The van der Waals surface area contributed by atoms with Crippen molar-refractivity contribution >= 4 is 0 Å². The van der Waals surface area contributed by atoms with Crippen LogP contribution in [0.2, 0.25) is 0 Å². The van der Waals surface area contributed by atoms with Crippen molar-refractivity contribution in [3.05, 3.63) is 0 Å². The van der Waals surface area contributed by atoms with Gasteiger partial charge in [-0.25, -0.2) is 0 Å². The molecule has 0 heterocycles. The third kappa shape index (κ3) is 7.72. The monoisotopic (exact) mass is 186 g/mol. The van der Waals surface area contributed by atoms with E-state index in [4.69, 9.17) is 15.5 Å². The number of aliphatic hydroxyl groups excluding tert-OH is 2. The van der Waals surface area contributed by atoms with E-state index in [1.807, 2.05) is 4.90 Å². The van der Waals surface area contributed by atoms with Gasteiger partial charge < -0.3 is 10.2 Å². The van der Waals surface area contributed by atoms with E-state index in [0.717, 1.165) is 19.4 Å². The molecule has 2 N–H and O–H groups in total. The van der Waals surface area contributed by atoms with Crippen LogP contribution >= 0.6 is 0 Å². The Hall–Kier alpha value is -0.630. The van der Waals surface area contributed by atoms with Crippen molar-refractivity contribution in [2.45, 2.75) is 19.3 Å². The van der Waals surface area contributed by atoms with Gasteiger partial charge in [0.05, 0.1) is 19.3 Å². The average molecular weight is 186 g/mol. The lowest BCUT2D eigenvalue weighted by molar-refractivity contribution is 0.159. The molecule has 76 valence electrons. The van der Waals surface area contributed by atoms with Gasteiger partial charge in [-0.15, -0.1) is 0 Å². The highest BCUT2D eigenvalue weighted by molar-refractivity contribution is 4.68. The standard InChI is InChI=1S/C9H18N2O2/c10-4-2-1-3-5-11(6-8-12)7-9-13/h12-13H,1-3,5-9H2. The third-order valence-corrected chi connectivity index (χ3v) is 1.85. The molecule has 0 radical (unpaired) electrons. The van der Waals surface area contributed by atoms with Crippen molar-refractivity contribution < 1.29 is 10.2 Å². The molecule has 0 unspecified atom stereocenters. The smallest absolute Gasteiger partial charge is 0.0621 e. The molecule has 4 nitrogen and oxygen atoms in total. The number of hydrogen-bond donors (Lipinski definition) is 2. The topological polar surface area (TPSA) is 67.5 Å². The lowest BCUT2D eigenvalue weighted by atomic mass is 10.2. The average Bonchev–Trinajstić information content (AvgIpc) is 2.13. The summed E-state index contributed by atoms with van der Waals surface area (Å²) in [5.74, 6) is 0. The van der Waals surface area contributed by atoms with Crippen molar-refractivity contribution in [1.82, 2.24) is 4.90 Å². The van der Waals surface area contributed by atoms with E-state index in [0.29, 0.717) is 19.5 Å². The van der Waals surface area contributed by atoms with Gasteiger partial charge in [0, 0.05) is 19.5 Å². The molecule has 0 fully saturated rings. The van der Waals surface area contributed by atoms with Crippen molar-refractivity contribution in [2.75, 3.05) is 32.8 Å². The Morgan fingerprint density at radius 2 is 1.62 bits per heavy atom. The zero-order valence-electron chi connectivity index (χ0n) is 7.95. The molecule has 0 aliphatic carbocycles. The summed E-state index contributed by atoms with van der Waals surface area (Å²) in [5, 5.41) is 25.7. The van der Waals surface area contributed by atoms with Crippen LogP contribution in [0.3, 0.4) is 0 Å². The summed E-state index contributed by atoms with van der Waals surface area (Å²) in [4.78, 5) is 2.00. The summed E-state index contributed by atoms with van der Waals surface area (Å²) in [5.41, 5.74) is 0. The molecule has 0 aromatic rings. The summed E-state index contributed by atoms with van der Waals surface area (Å²) in [7, 11) is 0. The van der Waals surface area contributed by atoms with E-state index in [2.05, 4.69) is 6.07 Å². The molecule has 0 saturated carbocycles. The van der Waals surface area contributed by atoms with E-state index in [1.54, 1.807) is 0 Å². The van der Waals surface area contributed by atoms with Gasteiger partial charge in [-0.3, -0.25) is 4.90 Å². The van der Waals surface area contributed by atoms with Gasteiger partial charge in [-0.2, -0.15) is 5.26 Å². The van der Waals surface area contributed by atoms with E-state index >= 15 is 0 Å². The second-order valence-electron chi connectivity index (χ2n) is 2.90. The Morgan fingerprint density at radius 3 is 2.08 bits per heavy atom. The first-order valence-electron chi connectivity index (χ1n) is 4.66. The summed E-state index contributed by atoms with van der Waals surface area (Å²) < 4.78 is 0. The van der Waals surface area contributed by atoms with E-state index in [-0.39, 0.29) is 13.2 Å². The first-order chi connectivity index (χ1) is 6.35. The second-order valence-corrected chi connectivity index (χ2v) is 2.90. The minimum Gasteiger partial charge on any atom is -0.395 e. The van der Waals surface area contributed by atoms with Crippen molar-refractivity contribution in [3.8, 4) is 6.07 Å². The molecule has 0 aliphatic rings. The molecule has 0 bridgehead atoms. The Bertz CT molecular complexity index is 139. The first-order valence-corrected chi connectivity index (χ1v) is 4.66. The van der Waals surface area contributed by atoms with E-state index in [9.17, 15) is 0 Å². The first kappa shape index (κ1) is 12.4. The van der Waals surface area contributed by atoms with Crippen LogP contribution in [0, 0.1) is 11.3 Å². The number of unbranched alkanes of at least 4 members (excludes halogenated alkanes) is 2. The molecule has 0 spiro atoms. The minimum atomic E-state index is 0.123. The molecule has 0 rings (SSSR count). The third-order valence-electron chi connectivity index (χ3n) is 1.85. The van der Waals surface area contributed by atoms with Crippen LogP contribution in [0.4, 0.5) is 0 Å². The Balaban J connectivity index is 3.39.